The fourth-order valence-corrected chi connectivity index (χ4v) is 2.56. The Balaban J connectivity index is 2.44. The molecule has 0 spiro atoms. The molecule has 2 atom stereocenters. The maximum atomic E-state index is 2.46. The molecule has 1 unspecified atom stereocenters. The fourth-order valence-electron chi connectivity index (χ4n) is 2.56. The van der Waals surface area contributed by atoms with Crippen LogP contribution >= 0.6 is 0 Å². The van der Waals surface area contributed by atoms with E-state index in [1.807, 2.05) is 0 Å². The summed E-state index contributed by atoms with van der Waals surface area (Å²) in [5.41, 5.74) is 0.620. The van der Waals surface area contributed by atoms with E-state index in [0.717, 1.165) is 11.8 Å². The fraction of sp³-hybridized carbons (Fsp3) is 1.00. The smallest absolute Gasteiger partial charge is 0.0300 e. The van der Waals surface area contributed by atoms with Crippen LogP contribution in [0.2, 0.25) is 0 Å². The Morgan fingerprint density at radius 1 is 1.25 bits per heavy atom. The molecule has 0 aromatic rings. The standard InChI is InChI=1S/C12H24/c1-5-6-7-11-9-8-10(2)12(11,3)4/h10-11H,5-9H2,1-4H3/t10-,11?/m1/s1. The van der Waals surface area contributed by atoms with Crippen molar-refractivity contribution in [3.63, 3.8) is 0 Å². The zero-order chi connectivity index (χ0) is 9.19. The summed E-state index contributed by atoms with van der Waals surface area (Å²) < 4.78 is 0. The van der Waals surface area contributed by atoms with Crippen LogP contribution in [-0.4, -0.2) is 0 Å². The van der Waals surface area contributed by atoms with Crippen LogP contribution in [0.5, 0.6) is 0 Å². The Morgan fingerprint density at radius 3 is 2.33 bits per heavy atom. The van der Waals surface area contributed by atoms with E-state index < -0.39 is 0 Å². The molecule has 0 N–H and O–H groups in total. The monoisotopic (exact) mass is 168 g/mol. The lowest BCUT2D eigenvalue weighted by Gasteiger charge is -2.31. The summed E-state index contributed by atoms with van der Waals surface area (Å²) in [5.74, 6) is 1.95. The Morgan fingerprint density at radius 2 is 1.92 bits per heavy atom. The summed E-state index contributed by atoms with van der Waals surface area (Å²) in [6, 6.07) is 0. The van der Waals surface area contributed by atoms with Crippen molar-refractivity contribution < 1.29 is 0 Å². The van der Waals surface area contributed by atoms with Crippen molar-refractivity contribution in [2.75, 3.05) is 0 Å². The van der Waals surface area contributed by atoms with Gasteiger partial charge in [-0.3, -0.25) is 0 Å². The lowest BCUT2D eigenvalue weighted by Crippen LogP contribution is -2.23. The van der Waals surface area contributed by atoms with Gasteiger partial charge in [0, 0.05) is 0 Å². The van der Waals surface area contributed by atoms with E-state index in [9.17, 15) is 0 Å². The summed E-state index contributed by atoms with van der Waals surface area (Å²) >= 11 is 0. The van der Waals surface area contributed by atoms with E-state index in [1.165, 1.54) is 32.1 Å². The highest BCUT2D eigenvalue weighted by atomic mass is 14.4. The van der Waals surface area contributed by atoms with Gasteiger partial charge in [-0.15, -0.1) is 0 Å². The van der Waals surface area contributed by atoms with Crippen LogP contribution in [0, 0.1) is 17.3 Å². The molecule has 0 radical (unpaired) electrons. The second-order valence-corrected chi connectivity index (χ2v) is 5.14. The second-order valence-electron chi connectivity index (χ2n) is 5.14. The number of hydrogen-bond acceptors (Lipinski definition) is 0. The Bertz CT molecular complexity index is 135. The Hall–Kier alpha value is 0. The van der Waals surface area contributed by atoms with Crippen LogP contribution < -0.4 is 0 Å². The highest BCUT2D eigenvalue weighted by Gasteiger charge is 2.39. The molecule has 0 aromatic carbocycles. The van der Waals surface area contributed by atoms with Gasteiger partial charge in [-0.2, -0.15) is 0 Å². The maximum Gasteiger partial charge on any atom is -0.0300 e. The predicted molar refractivity (Wildman–Crippen MR) is 55.2 cm³/mol. The van der Waals surface area contributed by atoms with E-state index in [2.05, 4.69) is 27.7 Å². The zero-order valence-corrected chi connectivity index (χ0v) is 9.19. The molecule has 1 rings (SSSR count). The Kier molecular flexibility index (Phi) is 3.20. The number of rotatable bonds is 3. The van der Waals surface area contributed by atoms with Gasteiger partial charge in [0.1, 0.15) is 0 Å². The van der Waals surface area contributed by atoms with Gasteiger partial charge in [0.2, 0.25) is 0 Å². The van der Waals surface area contributed by atoms with Crippen LogP contribution in [0.3, 0.4) is 0 Å². The first-order valence-electron chi connectivity index (χ1n) is 5.59. The van der Waals surface area contributed by atoms with E-state index in [-0.39, 0.29) is 0 Å². The first-order chi connectivity index (χ1) is 5.59. The number of hydrogen-bond donors (Lipinski definition) is 0. The summed E-state index contributed by atoms with van der Waals surface area (Å²) in [5, 5.41) is 0. The minimum absolute atomic E-state index is 0.620. The molecule has 0 amide bonds. The van der Waals surface area contributed by atoms with Crippen molar-refractivity contribution in [3.05, 3.63) is 0 Å². The van der Waals surface area contributed by atoms with Crippen LogP contribution in [-0.2, 0) is 0 Å². The average Bonchev–Trinajstić information content (AvgIpc) is 2.25. The van der Waals surface area contributed by atoms with Crippen LogP contribution in [0.15, 0.2) is 0 Å². The molecule has 1 aliphatic rings. The molecule has 1 saturated carbocycles. The third kappa shape index (κ3) is 1.84. The highest BCUT2D eigenvalue weighted by Crippen LogP contribution is 2.48. The van der Waals surface area contributed by atoms with E-state index in [4.69, 9.17) is 0 Å². The summed E-state index contributed by atoms with van der Waals surface area (Å²) in [6.45, 7) is 9.65. The van der Waals surface area contributed by atoms with E-state index in [0.29, 0.717) is 5.41 Å². The minimum Gasteiger partial charge on any atom is -0.0654 e. The van der Waals surface area contributed by atoms with Crippen molar-refractivity contribution in [1.29, 1.82) is 0 Å². The molecule has 0 bridgehead atoms. The van der Waals surface area contributed by atoms with E-state index in [1.54, 1.807) is 0 Å². The molecule has 0 nitrogen and oxygen atoms in total. The van der Waals surface area contributed by atoms with Crippen LogP contribution in [0.4, 0.5) is 0 Å². The third-order valence-electron chi connectivity index (χ3n) is 4.18. The molecule has 0 heteroatoms. The summed E-state index contributed by atoms with van der Waals surface area (Å²) in [4.78, 5) is 0. The van der Waals surface area contributed by atoms with Crippen molar-refractivity contribution in [2.24, 2.45) is 17.3 Å². The minimum atomic E-state index is 0.620. The van der Waals surface area contributed by atoms with Gasteiger partial charge in [-0.1, -0.05) is 40.5 Å². The van der Waals surface area contributed by atoms with Crippen molar-refractivity contribution in [2.45, 2.75) is 59.8 Å². The van der Waals surface area contributed by atoms with Crippen molar-refractivity contribution in [3.8, 4) is 0 Å². The molecular formula is C12H24. The molecule has 0 aliphatic heterocycles. The molecule has 0 saturated heterocycles. The van der Waals surface area contributed by atoms with Crippen LogP contribution in [0.25, 0.3) is 0 Å². The SMILES string of the molecule is CCCCC1CC[C@@H](C)C1(C)C. The predicted octanol–water partition coefficient (Wildman–Crippen LogP) is 4.25. The summed E-state index contributed by atoms with van der Waals surface area (Å²) in [7, 11) is 0. The second kappa shape index (κ2) is 3.81. The molecule has 1 aliphatic carbocycles. The topological polar surface area (TPSA) is 0 Å². The maximum absolute atomic E-state index is 2.46. The molecule has 1 fully saturated rings. The Labute approximate surface area is 77.7 Å². The molecule has 12 heavy (non-hydrogen) atoms. The summed E-state index contributed by atoms with van der Waals surface area (Å²) in [6.07, 6.45) is 7.20. The van der Waals surface area contributed by atoms with Gasteiger partial charge < -0.3 is 0 Å². The van der Waals surface area contributed by atoms with E-state index >= 15 is 0 Å². The molecule has 0 heterocycles. The van der Waals surface area contributed by atoms with Gasteiger partial charge in [0.25, 0.3) is 0 Å². The highest BCUT2D eigenvalue weighted by molar-refractivity contribution is 4.89. The zero-order valence-electron chi connectivity index (χ0n) is 9.19. The average molecular weight is 168 g/mol. The van der Waals surface area contributed by atoms with Gasteiger partial charge in [0.15, 0.2) is 0 Å². The van der Waals surface area contributed by atoms with Crippen molar-refractivity contribution >= 4 is 0 Å². The lowest BCUT2D eigenvalue weighted by atomic mass is 9.74. The van der Waals surface area contributed by atoms with Crippen LogP contribution in [0.1, 0.15) is 59.8 Å². The number of unbranched alkanes of at least 4 members (excludes halogenated alkanes) is 1. The van der Waals surface area contributed by atoms with Gasteiger partial charge >= 0.3 is 0 Å². The van der Waals surface area contributed by atoms with Gasteiger partial charge in [0.05, 0.1) is 0 Å². The lowest BCUT2D eigenvalue weighted by molar-refractivity contribution is 0.186. The largest absolute Gasteiger partial charge is 0.0654 e. The normalized spacial score (nSPS) is 34.0. The van der Waals surface area contributed by atoms with Gasteiger partial charge in [-0.25, -0.2) is 0 Å². The van der Waals surface area contributed by atoms with Crippen molar-refractivity contribution in [1.82, 2.24) is 0 Å². The molecular weight excluding hydrogens is 144 g/mol. The first-order valence-corrected chi connectivity index (χ1v) is 5.59. The third-order valence-corrected chi connectivity index (χ3v) is 4.18. The molecule has 0 aromatic heterocycles. The first kappa shape index (κ1) is 10.1. The van der Waals surface area contributed by atoms with Gasteiger partial charge in [-0.05, 0) is 36.5 Å². The quantitative estimate of drug-likeness (QED) is 0.591. The molecule has 72 valence electrons.